The van der Waals surface area contributed by atoms with Crippen LogP contribution in [0.25, 0.3) is 0 Å². The van der Waals surface area contributed by atoms with Crippen molar-refractivity contribution in [2.75, 3.05) is 35.3 Å². The van der Waals surface area contributed by atoms with Gasteiger partial charge in [-0.15, -0.1) is 0 Å². The summed E-state index contributed by atoms with van der Waals surface area (Å²) in [4.78, 5) is 42.1. The second kappa shape index (κ2) is 12.7. The van der Waals surface area contributed by atoms with E-state index in [0.717, 1.165) is 0 Å². The van der Waals surface area contributed by atoms with E-state index in [0.29, 0.717) is 30.2 Å². The van der Waals surface area contributed by atoms with Crippen molar-refractivity contribution in [3.8, 4) is 0 Å². The quantitative estimate of drug-likeness (QED) is 0.298. The predicted molar refractivity (Wildman–Crippen MR) is 146 cm³/mol. The highest BCUT2D eigenvalue weighted by atomic mass is 19.1. The zero-order chi connectivity index (χ0) is 28.7. The summed E-state index contributed by atoms with van der Waals surface area (Å²) in [5.74, 6) is -2.11. The van der Waals surface area contributed by atoms with Crippen LogP contribution in [-0.2, 0) is 24.6 Å². The van der Waals surface area contributed by atoms with Gasteiger partial charge in [0.25, 0.3) is 5.91 Å². The Bertz CT molecular complexity index is 1280. The average Bonchev–Trinajstić information content (AvgIpc) is 3.14. The number of benzene rings is 3. The Morgan fingerprint density at radius 1 is 0.850 bits per heavy atom. The molecule has 4 amide bonds. The summed E-state index contributed by atoms with van der Waals surface area (Å²) >= 11 is 0. The number of fused-ring (bicyclic) bond motifs is 1. The Hall–Kier alpha value is -4.35. The van der Waals surface area contributed by atoms with Gasteiger partial charge in [-0.3, -0.25) is 9.59 Å². The Morgan fingerprint density at radius 3 is 1.98 bits per heavy atom. The number of amides is 4. The van der Waals surface area contributed by atoms with Crippen molar-refractivity contribution in [2.24, 2.45) is 0 Å². The van der Waals surface area contributed by atoms with Gasteiger partial charge >= 0.3 is 6.03 Å². The van der Waals surface area contributed by atoms with Gasteiger partial charge in [-0.05, 0) is 68.4 Å². The summed E-state index contributed by atoms with van der Waals surface area (Å²) in [5, 5.41) is 7.96. The van der Waals surface area contributed by atoms with E-state index >= 15 is 0 Å². The van der Waals surface area contributed by atoms with Crippen LogP contribution in [0, 0.1) is 11.6 Å². The molecule has 0 spiro atoms. The number of carbonyl (C=O) groups excluding carboxylic acids is 3. The monoisotopic (exact) mass is 552 g/mol. The van der Waals surface area contributed by atoms with E-state index in [9.17, 15) is 23.2 Å². The highest BCUT2D eigenvalue weighted by Gasteiger charge is 2.53. The first kappa shape index (κ1) is 28.7. The second-order valence-corrected chi connectivity index (χ2v) is 9.00. The molecule has 210 valence electrons. The van der Waals surface area contributed by atoms with Crippen LogP contribution in [0.1, 0.15) is 25.8 Å². The van der Waals surface area contributed by atoms with E-state index in [4.69, 9.17) is 9.47 Å². The molecule has 0 aromatic heterocycles. The van der Waals surface area contributed by atoms with Crippen molar-refractivity contribution in [3.05, 3.63) is 90.0 Å². The zero-order valence-electron chi connectivity index (χ0n) is 22.1. The highest BCUT2D eigenvalue weighted by Crippen LogP contribution is 2.43. The number of nitrogens with one attached hydrogen (secondary N) is 3. The lowest BCUT2D eigenvalue weighted by Gasteiger charge is -2.30. The Kier molecular flexibility index (Phi) is 9.08. The molecule has 0 fully saturated rings. The van der Waals surface area contributed by atoms with E-state index in [1.165, 1.54) is 53.4 Å². The smallest absolute Gasteiger partial charge is 0.320 e. The van der Waals surface area contributed by atoms with Crippen LogP contribution in [0.15, 0.2) is 72.8 Å². The van der Waals surface area contributed by atoms with Crippen molar-refractivity contribution in [1.82, 2.24) is 5.32 Å². The number of halogens is 2. The first-order valence-corrected chi connectivity index (χ1v) is 12.8. The highest BCUT2D eigenvalue weighted by molar-refractivity contribution is 6.12. The Morgan fingerprint density at radius 2 is 1.40 bits per heavy atom. The van der Waals surface area contributed by atoms with Gasteiger partial charge in [-0.1, -0.05) is 18.2 Å². The van der Waals surface area contributed by atoms with Gasteiger partial charge in [0.2, 0.25) is 5.91 Å². The van der Waals surface area contributed by atoms with Gasteiger partial charge in [-0.25, -0.2) is 13.6 Å². The van der Waals surface area contributed by atoms with E-state index in [1.807, 2.05) is 0 Å². The molecule has 0 saturated carbocycles. The molecular weight excluding hydrogens is 522 g/mol. The predicted octanol–water partition coefficient (Wildman–Crippen LogP) is 4.76. The number of nitrogens with zero attached hydrogens (tertiary/aromatic N) is 1. The molecule has 3 aromatic rings. The van der Waals surface area contributed by atoms with Crippen molar-refractivity contribution >= 4 is 34.9 Å². The molecule has 0 saturated heterocycles. The van der Waals surface area contributed by atoms with Gasteiger partial charge in [0, 0.05) is 30.2 Å². The Labute approximate surface area is 230 Å². The molecule has 4 rings (SSSR count). The van der Waals surface area contributed by atoms with Crippen LogP contribution in [0.2, 0.25) is 0 Å². The fraction of sp³-hybridized carbons (Fsp3) is 0.276. The van der Waals surface area contributed by atoms with Crippen LogP contribution >= 0.6 is 0 Å². The third kappa shape index (κ3) is 6.44. The van der Waals surface area contributed by atoms with Gasteiger partial charge in [-0.2, -0.15) is 0 Å². The first-order chi connectivity index (χ1) is 19.3. The van der Waals surface area contributed by atoms with Crippen LogP contribution < -0.4 is 20.9 Å². The molecule has 9 nitrogen and oxygen atoms in total. The molecule has 1 atom stereocenters. The third-order valence-corrected chi connectivity index (χ3v) is 6.28. The number of para-hydroxylation sites is 1. The fourth-order valence-corrected chi connectivity index (χ4v) is 4.58. The van der Waals surface area contributed by atoms with Crippen LogP contribution in [0.3, 0.4) is 0 Å². The van der Waals surface area contributed by atoms with Gasteiger partial charge in [0.15, 0.2) is 11.8 Å². The van der Waals surface area contributed by atoms with E-state index in [-0.39, 0.29) is 12.2 Å². The fourth-order valence-electron chi connectivity index (χ4n) is 4.58. The van der Waals surface area contributed by atoms with E-state index < -0.39 is 47.7 Å². The number of hydrogen-bond acceptors (Lipinski definition) is 5. The topological polar surface area (TPSA) is 109 Å². The zero-order valence-corrected chi connectivity index (χ0v) is 22.1. The van der Waals surface area contributed by atoms with Crippen molar-refractivity contribution < 1.29 is 32.6 Å². The first-order valence-electron chi connectivity index (χ1n) is 12.8. The summed E-state index contributed by atoms with van der Waals surface area (Å²) in [5.41, 5.74) is -0.328. The van der Waals surface area contributed by atoms with Gasteiger partial charge in [0.05, 0.1) is 18.7 Å². The minimum Gasteiger partial charge on any atom is -0.351 e. The number of urea groups is 1. The summed E-state index contributed by atoms with van der Waals surface area (Å²) < 4.78 is 38.1. The van der Waals surface area contributed by atoms with Gasteiger partial charge < -0.3 is 30.3 Å². The molecule has 1 aliphatic heterocycles. The number of anilines is 3. The minimum absolute atomic E-state index is 0.0140. The molecule has 0 aliphatic carbocycles. The molecule has 3 aromatic carbocycles. The lowest BCUT2D eigenvalue weighted by Crippen LogP contribution is -2.56. The van der Waals surface area contributed by atoms with Crippen molar-refractivity contribution in [3.63, 3.8) is 0 Å². The maximum absolute atomic E-state index is 14.2. The number of carbonyl (C=O) groups is 3. The molecule has 0 radical (unpaired) electrons. The summed E-state index contributed by atoms with van der Waals surface area (Å²) in [6.07, 6.45) is -1.22. The summed E-state index contributed by atoms with van der Waals surface area (Å²) in [6, 6.07) is 16.3. The molecule has 0 bridgehead atoms. The number of rotatable bonds is 11. The molecule has 11 heteroatoms. The normalized spacial score (nSPS) is 16.1. The molecule has 1 heterocycles. The number of hydrogen-bond donors (Lipinski definition) is 3. The standard InChI is InChI=1S/C29H30F2N4O5/c1-3-39-26(40-4-2)18-35-24-8-6-5-7-23(24)29(27(35)37,17-25(36)32-21-13-9-19(30)10-14-21)34-28(38)33-22-15-11-20(31)12-16-22/h5-16,26H,3-4,17-18H2,1-2H3,(H,32,36)(H2,33,34,38)/t29-/m0/s1. The summed E-state index contributed by atoms with van der Waals surface area (Å²) in [6.45, 7) is 4.31. The van der Waals surface area contributed by atoms with Crippen molar-refractivity contribution in [2.45, 2.75) is 32.1 Å². The number of ether oxygens (including phenoxy) is 2. The summed E-state index contributed by atoms with van der Waals surface area (Å²) in [7, 11) is 0. The lowest BCUT2D eigenvalue weighted by atomic mass is 9.87. The van der Waals surface area contributed by atoms with Crippen LogP contribution in [0.4, 0.5) is 30.6 Å². The molecule has 40 heavy (non-hydrogen) atoms. The molecule has 0 unspecified atom stereocenters. The second-order valence-electron chi connectivity index (χ2n) is 9.00. The lowest BCUT2D eigenvalue weighted by molar-refractivity contribution is -0.138. The third-order valence-electron chi connectivity index (χ3n) is 6.28. The average molecular weight is 553 g/mol. The molecule has 1 aliphatic rings. The van der Waals surface area contributed by atoms with E-state index in [1.54, 1.807) is 38.1 Å². The SMILES string of the molecule is CCOC(CN1C(=O)[C@@](CC(=O)Nc2ccc(F)cc2)(NC(=O)Nc2ccc(F)cc2)c2ccccc21)OCC. The van der Waals surface area contributed by atoms with Crippen LogP contribution in [-0.4, -0.2) is 43.9 Å². The molecule has 3 N–H and O–H groups in total. The van der Waals surface area contributed by atoms with E-state index in [2.05, 4.69) is 16.0 Å². The molecular formula is C29H30F2N4O5. The maximum atomic E-state index is 14.2. The maximum Gasteiger partial charge on any atom is 0.320 e. The van der Waals surface area contributed by atoms with Gasteiger partial charge in [0.1, 0.15) is 11.6 Å². The largest absolute Gasteiger partial charge is 0.351 e. The van der Waals surface area contributed by atoms with Crippen molar-refractivity contribution in [1.29, 1.82) is 0 Å². The minimum atomic E-state index is -1.81. The van der Waals surface area contributed by atoms with Crippen LogP contribution in [0.5, 0.6) is 0 Å². The Balaban J connectivity index is 1.69.